The van der Waals surface area contributed by atoms with Crippen LogP contribution in [-0.4, -0.2) is 56.8 Å². The summed E-state index contributed by atoms with van der Waals surface area (Å²) in [5, 5.41) is 3.27. The van der Waals surface area contributed by atoms with Gasteiger partial charge in [0.15, 0.2) is 0 Å². The third-order valence-electron chi connectivity index (χ3n) is 5.31. The second kappa shape index (κ2) is 8.97. The van der Waals surface area contributed by atoms with E-state index < -0.39 is 0 Å². The predicted octanol–water partition coefficient (Wildman–Crippen LogP) is 2.20. The Balaban J connectivity index is 1.65. The summed E-state index contributed by atoms with van der Waals surface area (Å²) in [7, 11) is 1.88. The van der Waals surface area contributed by atoms with Crippen LogP contribution in [0.3, 0.4) is 0 Å². The van der Waals surface area contributed by atoms with Crippen LogP contribution in [0.1, 0.15) is 38.1 Å². The van der Waals surface area contributed by atoms with E-state index in [1.807, 2.05) is 30.1 Å². The van der Waals surface area contributed by atoms with Crippen molar-refractivity contribution in [2.75, 3.05) is 31.2 Å². The molecule has 8 heteroatoms. The van der Waals surface area contributed by atoms with Gasteiger partial charge >= 0.3 is 0 Å². The first-order valence-electron chi connectivity index (χ1n) is 9.77. The molecule has 1 aromatic carbocycles. The maximum atomic E-state index is 11.6. The van der Waals surface area contributed by atoms with Crippen molar-refractivity contribution in [3.63, 3.8) is 0 Å². The molecule has 2 aromatic rings. The molecule has 0 saturated carbocycles. The number of nitrogens with zero attached hydrogens (tertiary/aromatic N) is 5. The van der Waals surface area contributed by atoms with E-state index in [4.69, 9.17) is 5.73 Å². The normalized spacial score (nSPS) is 15.4. The smallest absolute Gasteiger partial charge is 0.232 e. The standard InChI is InChI=1S/C20H29N7O/c1-4-15-7-5-6-8-17(15)22-20-24-18(23-19(21)25-20)13-27-11-9-16(10-12-27)26(3)14(2)28/h5-8,16H,4,9-13H2,1-3H3,(H3,21,22,23,24,25). The highest BCUT2D eigenvalue weighted by molar-refractivity contribution is 5.73. The summed E-state index contributed by atoms with van der Waals surface area (Å²) in [6.45, 7) is 6.14. The van der Waals surface area contributed by atoms with Gasteiger partial charge in [0.25, 0.3) is 0 Å². The van der Waals surface area contributed by atoms with Crippen molar-refractivity contribution in [3.8, 4) is 0 Å². The van der Waals surface area contributed by atoms with Crippen molar-refractivity contribution >= 4 is 23.5 Å². The van der Waals surface area contributed by atoms with E-state index in [1.165, 1.54) is 5.56 Å². The van der Waals surface area contributed by atoms with Crippen LogP contribution in [0, 0.1) is 0 Å². The molecule has 8 nitrogen and oxygen atoms in total. The fraction of sp³-hybridized carbons (Fsp3) is 0.500. The van der Waals surface area contributed by atoms with E-state index in [-0.39, 0.29) is 11.9 Å². The molecule has 0 aliphatic carbocycles. The number of aryl methyl sites for hydroxylation is 1. The number of hydrogen-bond acceptors (Lipinski definition) is 7. The van der Waals surface area contributed by atoms with Crippen LogP contribution < -0.4 is 11.1 Å². The Morgan fingerprint density at radius 1 is 1.25 bits per heavy atom. The topological polar surface area (TPSA) is 100 Å². The number of amides is 1. The molecule has 28 heavy (non-hydrogen) atoms. The number of likely N-dealkylation sites (tertiary alicyclic amines) is 1. The van der Waals surface area contributed by atoms with Crippen molar-refractivity contribution < 1.29 is 4.79 Å². The van der Waals surface area contributed by atoms with Crippen LogP contribution in [-0.2, 0) is 17.8 Å². The zero-order valence-corrected chi connectivity index (χ0v) is 16.9. The molecule has 2 heterocycles. The third-order valence-corrected chi connectivity index (χ3v) is 5.31. The number of carbonyl (C=O) groups is 1. The van der Waals surface area contributed by atoms with E-state index in [0.717, 1.165) is 38.0 Å². The minimum absolute atomic E-state index is 0.117. The number of hydrogen-bond donors (Lipinski definition) is 2. The third kappa shape index (κ3) is 4.95. The average Bonchev–Trinajstić information content (AvgIpc) is 2.68. The molecule has 1 aliphatic heterocycles. The summed E-state index contributed by atoms with van der Waals surface area (Å²) in [5.41, 5.74) is 8.09. The van der Waals surface area contributed by atoms with Crippen LogP contribution in [0.15, 0.2) is 24.3 Å². The molecule has 0 radical (unpaired) electrons. The highest BCUT2D eigenvalue weighted by atomic mass is 16.2. The van der Waals surface area contributed by atoms with Gasteiger partial charge in [-0.15, -0.1) is 0 Å². The second-order valence-electron chi connectivity index (χ2n) is 7.21. The van der Waals surface area contributed by atoms with Crippen molar-refractivity contribution in [1.82, 2.24) is 24.8 Å². The number of para-hydroxylation sites is 1. The number of anilines is 3. The largest absolute Gasteiger partial charge is 0.368 e. The summed E-state index contributed by atoms with van der Waals surface area (Å²) in [6.07, 6.45) is 2.82. The molecule has 1 aromatic heterocycles. The van der Waals surface area contributed by atoms with Gasteiger partial charge in [0.05, 0.1) is 6.54 Å². The van der Waals surface area contributed by atoms with Crippen LogP contribution in [0.2, 0.25) is 0 Å². The van der Waals surface area contributed by atoms with Crippen molar-refractivity contribution in [2.24, 2.45) is 0 Å². The van der Waals surface area contributed by atoms with E-state index in [0.29, 0.717) is 24.4 Å². The summed E-state index contributed by atoms with van der Waals surface area (Å²) >= 11 is 0. The van der Waals surface area contributed by atoms with Gasteiger partial charge in [0, 0.05) is 38.8 Å². The average molecular weight is 384 g/mol. The number of aromatic nitrogens is 3. The fourth-order valence-corrected chi connectivity index (χ4v) is 3.56. The molecule has 0 bridgehead atoms. The van der Waals surface area contributed by atoms with Crippen molar-refractivity contribution in [3.05, 3.63) is 35.7 Å². The van der Waals surface area contributed by atoms with Crippen LogP contribution in [0.5, 0.6) is 0 Å². The predicted molar refractivity (Wildman–Crippen MR) is 110 cm³/mol. The van der Waals surface area contributed by atoms with Gasteiger partial charge in [0.2, 0.25) is 17.8 Å². The number of rotatable bonds is 6. The lowest BCUT2D eigenvalue weighted by atomic mass is 10.0. The zero-order chi connectivity index (χ0) is 20.1. The minimum Gasteiger partial charge on any atom is -0.368 e. The van der Waals surface area contributed by atoms with Gasteiger partial charge in [0.1, 0.15) is 5.82 Å². The molecular weight excluding hydrogens is 354 g/mol. The first kappa shape index (κ1) is 20.0. The van der Waals surface area contributed by atoms with Crippen molar-refractivity contribution in [2.45, 2.75) is 45.7 Å². The molecule has 3 N–H and O–H groups in total. The Labute approximate surface area is 166 Å². The van der Waals surface area contributed by atoms with E-state index in [2.05, 4.69) is 38.2 Å². The highest BCUT2D eigenvalue weighted by Crippen LogP contribution is 2.20. The second-order valence-corrected chi connectivity index (χ2v) is 7.21. The maximum Gasteiger partial charge on any atom is 0.232 e. The quantitative estimate of drug-likeness (QED) is 0.789. The number of carbonyl (C=O) groups excluding carboxylic acids is 1. The van der Waals surface area contributed by atoms with Crippen LogP contribution in [0.25, 0.3) is 0 Å². The minimum atomic E-state index is 0.117. The number of benzene rings is 1. The van der Waals surface area contributed by atoms with Crippen LogP contribution in [0.4, 0.5) is 17.6 Å². The molecule has 3 rings (SSSR count). The number of piperidine rings is 1. The Bertz CT molecular complexity index is 818. The molecule has 0 spiro atoms. The first-order chi connectivity index (χ1) is 13.5. The first-order valence-corrected chi connectivity index (χ1v) is 9.77. The SMILES string of the molecule is CCc1ccccc1Nc1nc(N)nc(CN2CCC(N(C)C(C)=O)CC2)n1. The molecule has 1 amide bonds. The van der Waals surface area contributed by atoms with Gasteiger partial charge in [-0.05, 0) is 30.9 Å². The molecule has 0 unspecified atom stereocenters. The van der Waals surface area contributed by atoms with Gasteiger partial charge < -0.3 is 16.0 Å². The lowest BCUT2D eigenvalue weighted by Gasteiger charge is -2.36. The Morgan fingerprint density at radius 3 is 2.64 bits per heavy atom. The van der Waals surface area contributed by atoms with Gasteiger partial charge in [-0.2, -0.15) is 15.0 Å². The molecule has 1 fully saturated rings. The molecule has 1 saturated heterocycles. The summed E-state index contributed by atoms with van der Waals surface area (Å²) in [5.74, 6) is 1.45. The molecular formula is C20H29N7O. The highest BCUT2D eigenvalue weighted by Gasteiger charge is 2.24. The Kier molecular flexibility index (Phi) is 6.41. The molecule has 0 atom stereocenters. The van der Waals surface area contributed by atoms with E-state index in [9.17, 15) is 4.79 Å². The number of nitrogens with two attached hydrogens (primary N) is 1. The van der Waals surface area contributed by atoms with Crippen LogP contribution >= 0.6 is 0 Å². The zero-order valence-electron chi connectivity index (χ0n) is 16.9. The van der Waals surface area contributed by atoms with E-state index in [1.54, 1.807) is 6.92 Å². The Hall–Kier alpha value is -2.74. The Morgan fingerprint density at radius 2 is 1.96 bits per heavy atom. The van der Waals surface area contributed by atoms with Crippen molar-refractivity contribution in [1.29, 1.82) is 0 Å². The molecule has 150 valence electrons. The monoisotopic (exact) mass is 383 g/mol. The lowest BCUT2D eigenvalue weighted by Crippen LogP contribution is -2.44. The summed E-state index contributed by atoms with van der Waals surface area (Å²) in [6, 6.07) is 8.39. The van der Waals surface area contributed by atoms with Gasteiger partial charge in [-0.1, -0.05) is 25.1 Å². The summed E-state index contributed by atoms with van der Waals surface area (Å²) in [4.78, 5) is 28.8. The lowest BCUT2D eigenvalue weighted by molar-refractivity contribution is -0.130. The number of nitrogen functional groups attached to an aromatic ring is 1. The molecule has 1 aliphatic rings. The number of nitrogens with one attached hydrogen (secondary N) is 1. The van der Waals surface area contributed by atoms with E-state index >= 15 is 0 Å². The maximum absolute atomic E-state index is 11.6. The summed E-state index contributed by atoms with van der Waals surface area (Å²) < 4.78 is 0. The van der Waals surface area contributed by atoms with Gasteiger partial charge in [-0.3, -0.25) is 9.69 Å². The fourth-order valence-electron chi connectivity index (χ4n) is 3.56. The van der Waals surface area contributed by atoms with Gasteiger partial charge in [-0.25, -0.2) is 0 Å².